The minimum atomic E-state index is -0.184. The van der Waals surface area contributed by atoms with Crippen molar-refractivity contribution in [1.29, 1.82) is 0 Å². The Labute approximate surface area is 177 Å². The van der Waals surface area contributed by atoms with E-state index < -0.39 is 0 Å². The average Bonchev–Trinajstić information content (AvgIpc) is 3.20. The zero-order chi connectivity index (χ0) is 21.1. The predicted molar refractivity (Wildman–Crippen MR) is 120 cm³/mol. The maximum atomic E-state index is 12.9. The number of hydrogen-bond acceptors (Lipinski definition) is 4. The number of aromatic nitrogens is 1. The molecule has 0 spiro atoms. The van der Waals surface area contributed by atoms with Crippen LogP contribution in [-0.2, 0) is 18.4 Å². The van der Waals surface area contributed by atoms with Crippen molar-refractivity contribution in [3.05, 3.63) is 83.0 Å². The molecule has 0 saturated heterocycles. The van der Waals surface area contributed by atoms with Gasteiger partial charge < -0.3 is 15.4 Å². The molecule has 0 saturated carbocycles. The van der Waals surface area contributed by atoms with Crippen LogP contribution in [0.15, 0.2) is 60.8 Å². The lowest BCUT2D eigenvalue weighted by Crippen LogP contribution is -2.16. The SMILES string of the molecule is CC(C)(C)c1ccc(NC(=O)c2cccnc2NCc2ccc3c(c2)CCO3)cc1. The van der Waals surface area contributed by atoms with Crippen LogP contribution in [0.2, 0.25) is 0 Å². The van der Waals surface area contributed by atoms with Crippen LogP contribution in [0.25, 0.3) is 0 Å². The Morgan fingerprint density at radius 3 is 2.67 bits per heavy atom. The molecule has 2 aromatic carbocycles. The Hall–Kier alpha value is -3.34. The van der Waals surface area contributed by atoms with Gasteiger partial charge in [-0.15, -0.1) is 0 Å². The number of amides is 1. The molecular weight excluding hydrogens is 374 g/mol. The van der Waals surface area contributed by atoms with Crippen molar-refractivity contribution in [3.8, 4) is 5.75 Å². The first-order chi connectivity index (χ1) is 14.4. The van der Waals surface area contributed by atoms with Gasteiger partial charge in [-0.05, 0) is 52.4 Å². The van der Waals surface area contributed by atoms with E-state index in [0.29, 0.717) is 17.9 Å². The van der Waals surface area contributed by atoms with Gasteiger partial charge in [-0.1, -0.05) is 45.0 Å². The van der Waals surface area contributed by atoms with E-state index in [1.54, 1.807) is 18.3 Å². The molecule has 1 aromatic heterocycles. The van der Waals surface area contributed by atoms with Gasteiger partial charge >= 0.3 is 0 Å². The van der Waals surface area contributed by atoms with Crippen molar-refractivity contribution in [2.45, 2.75) is 39.2 Å². The number of anilines is 2. The summed E-state index contributed by atoms with van der Waals surface area (Å²) in [6, 6.07) is 17.7. The lowest BCUT2D eigenvalue weighted by Gasteiger charge is -2.19. The molecule has 4 rings (SSSR count). The van der Waals surface area contributed by atoms with E-state index in [-0.39, 0.29) is 11.3 Å². The summed E-state index contributed by atoms with van der Waals surface area (Å²) in [5.74, 6) is 1.35. The maximum absolute atomic E-state index is 12.9. The molecule has 2 N–H and O–H groups in total. The summed E-state index contributed by atoms with van der Waals surface area (Å²) >= 11 is 0. The molecule has 1 aliphatic rings. The van der Waals surface area contributed by atoms with Crippen LogP contribution in [-0.4, -0.2) is 17.5 Å². The van der Waals surface area contributed by atoms with Gasteiger partial charge in [0.05, 0.1) is 12.2 Å². The van der Waals surface area contributed by atoms with E-state index in [1.807, 2.05) is 24.3 Å². The molecule has 154 valence electrons. The van der Waals surface area contributed by atoms with Gasteiger partial charge in [0.1, 0.15) is 11.6 Å². The quantitative estimate of drug-likeness (QED) is 0.618. The fourth-order valence-electron chi connectivity index (χ4n) is 3.52. The van der Waals surface area contributed by atoms with Gasteiger partial charge in [-0.3, -0.25) is 4.79 Å². The summed E-state index contributed by atoms with van der Waals surface area (Å²) in [6.07, 6.45) is 2.63. The Balaban J connectivity index is 1.45. The maximum Gasteiger partial charge on any atom is 0.259 e. The van der Waals surface area contributed by atoms with Crippen molar-refractivity contribution in [3.63, 3.8) is 0 Å². The van der Waals surface area contributed by atoms with Gasteiger partial charge in [-0.25, -0.2) is 4.98 Å². The molecule has 2 heterocycles. The molecule has 0 atom stereocenters. The zero-order valence-corrected chi connectivity index (χ0v) is 17.7. The van der Waals surface area contributed by atoms with E-state index in [9.17, 15) is 4.79 Å². The van der Waals surface area contributed by atoms with E-state index in [4.69, 9.17) is 4.74 Å². The van der Waals surface area contributed by atoms with Crippen molar-refractivity contribution < 1.29 is 9.53 Å². The first kappa shape index (κ1) is 20.0. The third kappa shape index (κ3) is 4.46. The summed E-state index contributed by atoms with van der Waals surface area (Å²) in [5, 5.41) is 6.28. The minimum absolute atomic E-state index is 0.0761. The Kier molecular flexibility index (Phi) is 5.44. The van der Waals surface area contributed by atoms with Gasteiger partial charge in [0.2, 0.25) is 0 Å². The Bertz CT molecular complexity index is 1050. The number of carbonyl (C=O) groups excluding carboxylic acids is 1. The van der Waals surface area contributed by atoms with Gasteiger partial charge in [0, 0.05) is 24.8 Å². The monoisotopic (exact) mass is 401 g/mol. The minimum Gasteiger partial charge on any atom is -0.493 e. The predicted octanol–water partition coefficient (Wildman–Crippen LogP) is 5.18. The van der Waals surface area contributed by atoms with Crippen molar-refractivity contribution in [2.75, 3.05) is 17.2 Å². The van der Waals surface area contributed by atoms with Crippen LogP contribution in [0.3, 0.4) is 0 Å². The van der Waals surface area contributed by atoms with Crippen molar-refractivity contribution in [1.82, 2.24) is 4.98 Å². The molecule has 3 aromatic rings. The second-order valence-electron chi connectivity index (χ2n) is 8.58. The van der Waals surface area contributed by atoms with Crippen LogP contribution in [0, 0.1) is 0 Å². The van der Waals surface area contributed by atoms with E-state index in [0.717, 1.165) is 30.0 Å². The first-order valence-corrected chi connectivity index (χ1v) is 10.3. The molecule has 5 nitrogen and oxygen atoms in total. The summed E-state index contributed by atoms with van der Waals surface area (Å²) in [4.78, 5) is 17.3. The normalized spacial score (nSPS) is 12.8. The largest absolute Gasteiger partial charge is 0.493 e. The second kappa shape index (κ2) is 8.19. The second-order valence-corrected chi connectivity index (χ2v) is 8.58. The van der Waals surface area contributed by atoms with Crippen LogP contribution in [0.4, 0.5) is 11.5 Å². The highest BCUT2D eigenvalue weighted by atomic mass is 16.5. The summed E-state index contributed by atoms with van der Waals surface area (Å²) < 4.78 is 5.56. The van der Waals surface area contributed by atoms with E-state index in [2.05, 4.69) is 54.6 Å². The number of ether oxygens (including phenoxy) is 1. The summed E-state index contributed by atoms with van der Waals surface area (Å²) in [5.41, 5.74) is 4.94. The van der Waals surface area contributed by atoms with Crippen LogP contribution in [0.5, 0.6) is 5.75 Å². The first-order valence-electron chi connectivity index (χ1n) is 10.3. The zero-order valence-electron chi connectivity index (χ0n) is 17.7. The highest BCUT2D eigenvalue weighted by Gasteiger charge is 2.16. The standard InChI is InChI=1S/C25H27N3O2/c1-25(2,3)19-7-9-20(10-8-19)28-24(29)21-5-4-13-26-23(21)27-16-17-6-11-22-18(15-17)12-14-30-22/h4-11,13,15H,12,14,16H2,1-3H3,(H,26,27)(H,28,29). The molecular formula is C25H27N3O2. The van der Waals surface area contributed by atoms with Crippen LogP contribution in [0.1, 0.15) is 47.8 Å². The molecule has 0 aliphatic carbocycles. The molecule has 0 unspecified atom stereocenters. The fraction of sp³-hybridized carbons (Fsp3) is 0.280. The number of benzene rings is 2. The highest BCUT2D eigenvalue weighted by molar-refractivity contribution is 6.07. The van der Waals surface area contributed by atoms with Crippen molar-refractivity contribution >= 4 is 17.4 Å². The van der Waals surface area contributed by atoms with E-state index >= 15 is 0 Å². The highest BCUT2D eigenvalue weighted by Crippen LogP contribution is 2.27. The molecule has 0 fully saturated rings. The molecule has 1 aliphatic heterocycles. The number of carbonyl (C=O) groups is 1. The molecule has 1 amide bonds. The van der Waals surface area contributed by atoms with Crippen LogP contribution >= 0.6 is 0 Å². The third-order valence-electron chi connectivity index (χ3n) is 5.27. The molecule has 30 heavy (non-hydrogen) atoms. The van der Waals surface area contributed by atoms with E-state index in [1.165, 1.54) is 11.1 Å². The summed E-state index contributed by atoms with van der Waals surface area (Å²) in [6.45, 7) is 7.84. The number of pyridine rings is 1. The van der Waals surface area contributed by atoms with Gasteiger partial charge in [0.15, 0.2) is 0 Å². The Morgan fingerprint density at radius 2 is 1.90 bits per heavy atom. The third-order valence-corrected chi connectivity index (χ3v) is 5.27. The average molecular weight is 402 g/mol. The van der Waals surface area contributed by atoms with Crippen molar-refractivity contribution in [2.24, 2.45) is 0 Å². The van der Waals surface area contributed by atoms with Gasteiger partial charge in [0.25, 0.3) is 5.91 Å². The molecule has 0 radical (unpaired) electrons. The number of nitrogens with zero attached hydrogens (tertiary/aromatic N) is 1. The number of hydrogen-bond donors (Lipinski definition) is 2. The molecule has 0 bridgehead atoms. The van der Waals surface area contributed by atoms with Crippen LogP contribution < -0.4 is 15.4 Å². The topological polar surface area (TPSA) is 63.2 Å². The number of fused-ring (bicyclic) bond motifs is 1. The fourth-order valence-corrected chi connectivity index (χ4v) is 3.52. The Morgan fingerprint density at radius 1 is 1.10 bits per heavy atom. The molecule has 5 heteroatoms. The smallest absolute Gasteiger partial charge is 0.259 e. The number of nitrogens with one attached hydrogen (secondary N) is 2. The summed E-state index contributed by atoms with van der Waals surface area (Å²) in [7, 11) is 0. The lowest BCUT2D eigenvalue weighted by molar-refractivity contribution is 0.102. The number of rotatable bonds is 5. The van der Waals surface area contributed by atoms with Gasteiger partial charge in [-0.2, -0.15) is 0 Å². The lowest BCUT2D eigenvalue weighted by atomic mass is 9.87.